The van der Waals surface area contributed by atoms with Gasteiger partial charge < -0.3 is 10.1 Å². The average Bonchev–Trinajstić information content (AvgIpc) is 2.81. The molecule has 0 aromatic heterocycles. The zero-order valence-electron chi connectivity index (χ0n) is 11.5. The second-order valence-electron chi connectivity index (χ2n) is 5.36. The Hall–Kier alpha value is -0.0800. The van der Waals surface area contributed by atoms with Gasteiger partial charge in [0, 0.05) is 18.7 Å². The van der Waals surface area contributed by atoms with Crippen LogP contribution in [0.2, 0.25) is 0 Å². The molecule has 2 nitrogen and oxygen atoms in total. The van der Waals surface area contributed by atoms with Crippen molar-refractivity contribution in [3.05, 3.63) is 0 Å². The molecule has 1 aliphatic rings. The predicted molar refractivity (Wildman–Crippen MR) is 69.7 cm³/mol. The molecule has 0 aromatic carbocycles. The fraction of sp³-hybridized carbons (Fsp3) is 1.00. The maximum absolute atomic E-state index is 5.73. The molecule has 96 valence electrons. The fourth-order valence-electron chi connectivity index (χ4n) is 2.48. The van der Waals surface area contributed by atoms with Crippen LogP contribution in [0.3, 0.4) is 0 Å². The van der Waals surface area contributed by atoms with Crippen molar-refractivity contribution in [3.8, 4) is 0 Å². The highest BCUT2D eigenvalue weighted by molar-refractivity contribution is 4.80. The van der Waals surface area contributed by atoms with Crippen LogP contribution in [-0.4, -0.2) is 24.8 Å². The van der Waals surface area contributed by atoms with Gasteiger partial charge in [-0.3, -0.25) is 0 Å². The molecule has 0 aromatic rings. The maximum Gasteiger partial charge on any atom is 0.0726 e. The van der Waals surface area contributed by atoms with Crippen molar-refractivity contribution >= 4 is 0 Å². The second-order valence-corrected chi connectivity index (χ2v) is 5.36. The van der Waals surface area contributed by atoms with Gasteiger partial charge in [-0.25, -0.2) is 0 Å². The van der Waals surface area contributed by atoms with Crippen molar-refractivity contribution in [2.45, 2.75) is 78.0 Å². The Balaban J connectivity index is 2.30. The van der Waals surface area contributed by atoms with Crippen molar-refractivity contribution in [2.24, 2.45) is 5.92 Å². The first-order valence-corrected chi connectivity index (χ1v) is 7.05. The Morgan fingerprint density at radius 2 is 2.00 bits per heavy atom. The summed E-state index contributed by atoms with van der Waals surface area (Å²) in [4.78, 5) is 0. The van der Waals surface area contributed by atoms with Crippen LogP contribution in [0.15, 0.2) is 0 Å². The van der Waals surface area contributed by atoms with Crippen molar-refractivity contribution in [2.75, 3.05) is 6.61 Å². The van der Waals surface area contributed by atoms with Gasteiger partial charge in [0.1, 0.15) is 0 Å². The molecule has 16 heavy (non-hydrogen) atoms. The van der Waals surface area contributed by atoms with Crippen LogP contribution in [0.25, 0.3) is 0 Å². The third kappa shape index (κ3) is 4.42. The van der Waals surface area contributed by atoms with Gasteiger partial charge >= 0.3 is 0 Å². The first kappa shape index (κ1) is 14.0. The molecular formula is C14H29NO. The smallest absolute Gasteiger partial charge is 0.0726 e. The van der Waals surface area contributed by atoms with Gasteiger partial charge in [-0.15, -0.1) is 0 Å². The van der Waals surface area contributed by atoms with E-state index in [-0.39, 0.29) is 0 Å². The van der Waals surface area contributed by atoms with Crippen LogP contribution in [0.5, 0.6) is 0 Å². The zero-order chi connectivity index (χ0) is 12.0. The standard InChI is InChI=1S/C14H29NO/c1-5-11(3)10-13(6-2)15-12(4)14-8-7-9-16-14/h11-15H,5-10H2,1-4H3. The Morgan fingerprint density at radius 1 is 1.25 bits per heavy atom. The molecule has 1 aliphatic heterocycles. The quantitative estimate of drug-likeness (QED) is 0.720. The van der Waals surface area contributed by atoms with E-state index in [4.69, 9.17) is 4.74 Å². The van der Waals surface area contributed by atoms with Gasteiger partial charge in [-0.1, -0.05) is 27.2 Å². The molecule has 2 heteroatoms. The molecule has 1 heterocycles. The van der Waals surface area contributed by atoms with E-state index in [0.717, 1.165) is 12.5 Å². The van der Waals surface area contributed by atoms with Crippen molar-refractivity contribution in [1.29, 1.82) is 0 Å². The third-order valence-corrected chi connectivity index (χ3v) is 3.90. The molecule has 4 unspecified atom stereocenters. The number of hydrogen-bond acceptors (Lipinski definition) is 2. The van der Waals surface area contributed by atoms with Crippen molar-refractivity contribution < 1.29 is 4.74 Å². The summed E-state index contributed by atoms with van der Waals surface area (Å²) >= 11 is 0. The van der Waals surface area contributed by atoms with E-state index < -0.39 is 0 Å². The first-order valence-electron chi connectivity index (χ1n) is 7.05. The summed E-state index contributed by atoms with van der Waals surface area (Å²) < 4.78 is 5.73. The molecule has 0 bridgehead atoms. The monoisotopic (exact) mass is 227 g/mol. The van der Waals surface area contributed by atoms with Crippen LogP contribution >= 0.6 is 0 Å². The lowest BCUT2D eigenvalue weighted by Crippen LogP contribution is -2.43. The zero-order valence-corrected chi connectivity index (χ0v) is 11.5. The van der Waals surface area contributed by atoms with E-state index in [1.165, 1.54) is 32.1 Å². The topological polar surface area (TPSA) is 21.3 Å². The molecule has 1 rings (SSSR count). The summed E-state index contributed by atoms with van der Waals surface area (Å²) in [6.07, 6.45) is 6.72. The van der Waals surface area contributed by atoms with E-state index in [9.17, 15) is 0 Å². The summed E-state index contributed by atoms with van der Waals surface area (Å²) in [6.45, 7) is 10.1. The Kier molecular flexibility index (Phi) is 6.37. The number of nitrogens with one attached hydrogen (secondary N) is 1. The number of hydrogen-bond donors (Lipinski definition) is 1. The van der Waals surface area contributed by atoms with E-state index >= 15 is 0 Å². The summed E-state index contributed by atoms with van der Waals surface area (Å²) in [6, 6.07) is 1.17. The number of ether oxygens (including phenoxy) is 1. The van der Waals surface area contributed by atoms with Gasteiger partial charge in [-0.05, 0) is 38.5 Å². The summed E-state index contributed by atoms with van der Waals surface area (Å²) in [7, 11) is 0. The van der Waals surface area contributed by atoms with Crippen molar-refractivity contribution in [1.82, 2.24) is 5.32 Å². The summed E-state index contributed by atoms with van der Waals surface area (Å²) in [5.41, 5.74) is 0. The molecule has 1 fully saturated rings. The van der Waals surface area contributed by atoms with Crippen LogP contribution in [0.4, 0.5) is 0 Å². The molecular weight excluding hydrogens is 198 g/mol. The first-order chi connectivity index (χ1) is 7.67. The van der Waals surface area contributed by atoms with Crippen LogP contribution < -0.4 is 5.32 Å². The van der Waals surface area contributed by atoms with E-state index in [1.807, 2.05) is 0 Å². The van der Waals surface area contributed by atoms with Gasteiger partial charge in [0.25, 0.3) is 0 Å². The van der Waals surface area contributed by atoms with E-state index in [0.29, 0.717) is 18.2 Å². The van der Waals surface area contributed by atoms with Gasteiger partial charge in [0.15, 0.2) is 0 Å². The molecule has 1 N–H and O–H groups in total. The molecule has 4 atom stereocenters. The van der Waals surface area contributed by atoms with Gasteiger partial charge in [0.2, 0.25) is 0 Å². The Labute approximate surface area is 101 Å². The minimum atomic E-state index is 0.450. The molecule has 0 aliphatic carbocycles. The van der Waals surface area contributed by atoms with Gasteiger partial charge in [0.05, 0.1) is 6.10 Å². The van der Waals surface area contributed by atoms with E-state index in [1.54, 1.807) is 0 Å². The van der Waals surface area contributed by atoms with Crippen LogP contribution in [0, 0.1) is 5.92 Å². The summed E-state index contributed by atoms with van der Waals surface area (Å²) in [5, 5.41) is 3.75. The van der Waals surface area contributed by atoms with Gasteiger partial charge in [-0.2, -0.15) is 0 Å². The Bertz CT molecular complexity index is 178. The highest BCUT2D eigenvalue weighted by atomic mass is 16.5. The molecule has 0 spiro atoms. The average molecular weight is 227 g/mol. The summed E-state index contributed by atoms with van der Waals surface area (Å²) in [5.74, 6) is 0.828. The lowest BCUT2D eigenvalue weighted by Gasteiger charge is -2.27. The largest absolute Gasteiger partial charge is 0.377 e. The lowest BCUT2D eigenvalue weighted by atomic mass is 9.96. The second kappa shape index (κ2) is 7.29. The highest BCUT2D eigenvalue weighted by Crippen LogP contribution is 2.18. The van der Waals surface area contributed by atoms with Crippen LogP contribution in [0.1, 0.15) is 59.8 Å². The van der Waals surface area contributed by atoms with Crippen molar-refractivity contribution in [3.63, 3.8) is 0 Å². The third-order valence-electron chi connectivity index (χ3n) is 3.90. The SMILES string of the molecule is CCC(C)CC(CC)NC(C)C1CCCO1. The molecule has 1 saturated heterocycles. The lowest BCUT2D eigenvalue weighted by molar-refractivity contribution is 0.0781. The normalized spacial score (nSPS) is 26.6. The predicted octanol–water partition coefficient (Wildman–Crippen LogP) is 3.36. The molecule has 0 radical (unpaired) electrons. The molecule has 0 amide bonds. The fourth-order valence-corrected chi connectivity index (χ4v) is 2.48. The highest BCUT2D eigenvalue weighted by Gasteiger charge is 2.24. The number of rotatable bonds is 7. The van der Waals surface area contributed by atoms with E-state index in [2.05, 4.69) is 33.0 Å². The van der Waals surface area contributed by atoms with Crippen LogP contribution in [-0.2, 0) is 4.74 Å². The Morgan fingerprint density at radius 3 is 2.50 bits per heavy atom. The maximum atomic E-state index is 5.73. The minimum absolute atomic E-state index is 0.450. The molecule has 0 saturated carbocycles. The minimum Gasteiger partial charge on any atom is -0.377 e.